The molecule has 4 heteroatoms. The molecule has 0 spiro atoms. The van der Waals surface area contributed by atoms with E-state index in [-0.39, 0.29) is 17.9 Å². The Morgan fingerprint density at radius 3 is 2.19 bits per heavy atom. The first-order chi connectivity index (χ1) is 9.97. The molecule has 0 heterocycles. The van der Waals surface area contributed by atoms with Gasteiger partial charge in [0, 0.05) is 23.1 Å². The maximum absolute atomic E-state index is 13.1. The van der Waals surface area contributed by atoms with Gasteiger partial charge in [0.05, 0.1) is 0 Å². The number of nitrogens with zero attached hydrogens (tertiary/aromatic N) is 1. The zero-order chi connectivity index (χ0) is 15.4. The molecule has 2 rings (SSSR count). The second-order valence-electron chi connectivity index (χ2n) is 5.40. The third-order valence-corrected chi connectivity index (χ3v) is 4.06. The van der Waals surface area contributed by atoms with Crippen LogP contribution in [-0.2, 0) is 6.54 Å². The summed E-state index contributed by atoms with van der Waals surface area (Å²) < 4.78 is 14.2. The maximum atomic E-state index is 13.1. The minimum Gasteiger partial charge on any atom is -0.326 e. The average molecular weight is 351 g/mol. The molecule has 0 aliphatic carbocycles. The largest absolute Gasteiger partial charge is 0.326 e. The van der Waals surface area contributed by atoms with Gasteiger partial charge in [-0.3, -0.25) is 4.90 Å². The van der Waals surface area contributed by atoms with E-state index in [4.69, 9.17) is 5.73 Å². The normalized spacial score (nSPS) is 14.2. The highest BCUT2D eigenvalue weighted by Gasteiger charge is 2.21. The van der Waals surface area contributed by atoms with E-state index in [9.17, 15) is 4.39 Å². The lowest BCUT2D eigenvalue weighted by molar-refractivity contribution is 0.211. The van der Waals surface area contributed by atoms with Gasteiger partial charge < -0.3 is 5.73 Å². The average Bonchev–Trinajstić information content (AvgIpc) is 2.43. The highest BCUT2D eigenvalue weighted by atomic mass is 79.9. The standard InChI is InChI=1S/C17H20BrFN2/c1-12(20)17(14-5-9-16(19)10-6-14)21(2)11-13-3-7-15(18)8-4-13/h3-10,12,17H,11,20H2,1-2H3. The molecule has 0 aliphatic heterocycles. The molecule has 0 fully saturated rings. The Morgan fingerprint density at radius 1 is 1.10 bits per heavy atom. The summed E-state index contributed by atoms with van der Waals surface area (Å²) in [5.74, 6) is -0.224. The van der Waals surface area contributed by atoms with Crippen molar-refractivity contribution in [2.45, 2.75) is 25.6 Å². The van der Waals surface area contributed by atoms with E-state index in [1.807, 2.05) is 26.1 Å². The Bertz CT molecular complexity index is 566. The van der Waals surface area contributed by atoms with Crippen molar-refractivity contribution in [3.8, 4) is 0 Å². The third kappa shape index (κ3) is 4.37. The third-order valence-electron chi connectivity index (χ3n) is 3.53. The van der Waals surface area contributed by atoms with Crippen LogP contribution in [0.5, 0.6) is 0 Å². The molecule has 21 heavy (non-hydrogen) atoms. The van der Waals surface area contributed by atoms with Gasteiger partial charge in [-0.15, -0.1) is 0 Å². The van der Waals surface area contributed by atoms with Gasteiger partial charge in [-0.2, -0.15) is 0 Å². The Kier molecular flexibility index (Phi) is 5.51. The second-order valence-corrected chi connectivity index (χ2v) is 6.31. The van der Waals surface area contributed by atoms with Crippen LogP contribution in [0.3, 0.4) is 0 Å². The molecule has 0 radical (unpaired) electrons. The highest BCUT2D eigenvalue weighted by Crippen LogP contribution is 2.24. The molecular weight excluding hydrogens is 331 g/mol. The Balaban J connectivity index is 2.17. The number of benzene rings is 2. The van der Waals surface area contributed by atoms with Crippen molar-refractivity contribution in [2.75, 3.05) is 7.05 Å². The zero-order valence-corrected chi connectivity index (χ0v) is 13.8. The Morgan fingerprint density at radius 2 is 1.67 bits per heavy atom. The fourth-order valence-corrected chi connectivity index (χ4v) is 2.86. The number of likely N-dealkylation sites (N-methyl/N-ethyl adjacent to an activating group) is 1. The van der Waals surface area contributed by atoms with Crippen LogP contribution in [0, 0.1) is 5.82 Å². The van der Waals surface area contributed by atoms with Gasteiger partial charge >= 0.3 is 0 Å². The molecule has 0 aliphatic rings. The SMILES string of the molecule is CC(N)C(c1ccc(F)cc1)N(C)Cc1ccc(Br)cc1. The number of hydrogen-bond donors (Lipinski definition) is 1. The monoisotopic (exact) mass is 350 g/mol. The van der Waals surface area contributed by atoms with Crippen LogP contribution >= 0.6 is 15.9 Å². The molecule has 2 unspecified atom stereocenters. The summed E-state index contributed by atoms with van der Waals surface area (Å²) in [5.41, 5.74) is 8.39. The number of hydrogen-bond acceptors (Lipinski definition) is 2. The molecule has 2 N–H and O–H groups in total. The molecule has 0 saturated heterocycles. The van der Waals surface area contributed by atoms with Crippen LogP contribution < -0.4 is 5.73 Å². The Labute approximate surface area is 133 Å². The predicted octanol–water partition coefficient (Wildman–Crippen LogP) is 4.11. The topological polar surface area (TPSA) is 29.3 Å². The quantitative estimate of drug-likeness (QED) is 0.879. The Hall–Kier alpha value is -1.23. The van der Waals surface area contributed by atoms with Crippen molar-refractivity contribution < 1.29 is 4.39 Å². The second kappa shape index (κ2) is 7.16. The van der Waals surface area contributed by atoms with E-state index < -0.39 is 0 Å². The van der Waals surface area contributed by atoms with Gasteiger partial charge in [0.2, 0.25) is 0 Å². The smallest absolute Gasteiger partial charge is 0.123 e. The molecule has 0 aromatic heterocycles. The first kappa shape index (κ1) is 16.1. The molecular formula is C17H20BrFN2. The maximum Gasteiger partial charge on any atom is 0.123 e. The van der Waals surface area contributed by atoms with Crippen molar-refractivity contribution in [3.63, 3.8) is 0 Å². The lowest BCUT2D eigenvalue weighted by atomic mass is 9.99. The van der Waals surface area contributed by atoms with Gasteiger partial charge in [-0.05, 0) is 49.4 Å². The van der Waals surface area contributed by atoms with E-state index in [1.54, 1.807) is 12.1 Å². The van der Waals surface area contributed by atoms with E-state index in [1.165, 1.54) is 17.7 Å². The summed E-state index contributed by atoms with van der Waals surface area (Å²) >= 11 is 3.44. The molecule has 2 aromatic carbocycles. The summed E-state index contributed by atoms with van der Waals surface area (Å²) in [6.07, 6.45) is 0. The predicted molar refractivity (Wildman–Crippen MR) is 88.4 cm³/mol. The minimum atomic E-state index is -0.224. The van der Waals surface area contributed by atoms with Gasteiger partial charge in [0.1, 0.15) is 5.82 Å². The zero-order valence-electron chi connectivity index (χ0n) is 12.3. The van der Waals surface area contributed by atoms with Crippen molar-refractivity contribution in [1.82, 2.24) is 4.90 Å². The lowest BCUT2D eigenvalue weighted by Gasteiger charge is -2.31. The molecule has 0 amide bonds. The molecule has 2 aromatic rings. The van der Waals surface area contributed by atoms with Crippen molar-refractivity contribution >= 4 is 15.9 Å². The number of nitrogens with two attached hydrogens (primary N) is 1. The molecule has 2 nitrogen and oxygen atoms in total. The summed E-state index contributed by atoms with van der Waals surface area (Å²) in [6, 6.07) is 14.8. The van der Waals surface area contributed by atoms with Gasteiger partial charge in [-0.25, -0.2) is 4.39 Å². The van der Waals surface area contributed by atoms with Crippen LogP contribution in [0.1, 0.15) is 24.1 Å². The highest BCUT2D eigenvalue weighted by molar-refractivity contribution is 9.10. The van der Waals surface area contributed by atoms with Crippen molar-refractivity contribution in [1.29, 1.82) is 0 Å². The molecule has 2 atom stereocenters. The van der Waals surface area contributed by atoms with E-state index in [0.29, 0.717) is 0 Å². The molecule has 0 saturated carbocycles. The van der Waals surface area contributed by atoms with Crippen LogP contribution in [0.25, 0.3) is 0 Å². The summed E-state index contributed by atoms with van der Waals surface area (Å²) in [4.78, 5) is 2.20. The first-order valence-corrected chi connectivity index (χ1v) is 7.72. The number of halogens is 2. The van der Waals surface area contributed by atoms with Crippen LogP contribution in [-0.4, -0.2) is 18.0 Å². The summed E-state index contributed by atoms with van der Waals surface area (Å²) in [5, 5.41) is 0. The van der Waals surface area contributed by atoms with Gasteiger partial charge in [0.25, 0.3) is 0 Å². The van der Waals surface area contributed by atoms with Crippen LogP contribution in [0.15, 0.2) is 53.0 Å². The molecule has 0 bridgehead atoms. The lowest BCUT2D eigenvalue weighted by Crippen LogP contribution is -2.36. The van der Waals surface area contributed by atoms with E-state index >= 15 is 0 Å². The number of rotatable bonds is 5. The fraction of sp³-hybridized carbons (Fsp3) is 0.294. The van der Waals surface area contributed by atoms with E-state index in [2.05, 4.69) is 33.0 Å². The van der Waals surface area contributed by atoms with Crippen molar-refractivity contribution in [3.05, 3.63) is 69.9 Å². The van der Waals surface area contributed by atoms with E-state index in [0.717, 1.165) is 16.6 Å². The summed E-state index contributed by atoms with van der Waals surface area (Å²) in [7, 11) is 2.04. The molecule has 112 valence electrons. The first-order valence-electron chi connectivity index (χ1n) is 6.93. The summed E-state index contributed by atoms with van der Waals surface area (Å²) in [6.45, 7) is 2.77. The van der Waals surface area contributed by atoms with Crippen molar-refractivity contribution in [2.24, 2.45) is 5.73 Å². The minimum absolute atomic E-state index is 0.0455. The van der Waals surface area contributed by atoms with Gasteiger partial charge in [0.15, 0.2) is 0 Å². The van der Waals surface area contributed by atoms with Crippen LogP contribution in [0.4, 0.5) is 4.39 Å². The van der Waals surface area contributed by atoms with Gasteiger partial charge in [-0.1, -0.05) is 40.2 Å². The fourth-order valence-electron chi connectivity index (χ4n) is 2.60. The van der Waals surface area contributed by atoms with Crippen LogP contribution in [0.2, 0.25) is 0 Å².